The highest BCUT2D eigenvalue weighted by atomic mass is 32.2. The van der Waals surface area contributed by atoms with Gasteiger partial charge in [0.2, 0.25) is 5.90 Å². The highest BCUT2D eigenvalue weighted by Gasteiger charge is 2.15. The Hall–Kier alpha value is -2.40. The molecule has 0 saturated carbocycles. The Bertz CT molecular complexity index is 807. The van der Waals surface area contributed by atoms with Gasteiger partial charge >= 0.3 is 0 Å². The van der Waals surface area contributed by atoms with Gasteiger partial charge in [-0.2, -0.15) is 8.42 Å². The Morgan fingerprint density at radius 1 is 1.08 bits per heavy atom. The molecule has 0 unspecified atom stereocenters. The lowest BCUT2D eigenvalue weighted by atomic mass is 10.1. The van der Waals surface area contributed by atoms with Gasteiger partial charge in [0.1, 0.15) is 6.61 Å². The molecule has 0 fully saturated rings. The van der Waals surface area contributed by atoms with E-state index in [0.717, 1.165) is 11.1 Å². The highest BCUT2D eigenvalue weighted by molar-refractivity contribution is 7.90. The van der Waals surface area contributed by atoms with Gasteiger partial charge in [-0.3, -0.25) is 0 Å². The van der Waals surface area contributed by atoms with E-state index in [4.69, 9.17) is 4.74 Å². The van der Waals surface area contributed by atoms with Gasteiger partial charge in [0.25, 0.3) is 10.0 Å². The van der Waals surface area contributed by atoms with Crippen LogP contribution in [0.5, 0.6) is 0 Å². The maximum atomic E-state index is 12.5. The van der Waals surface area contributed by atoms with E-state index in [9.17, 15) is 8.42 Å². The van der Waals surface area contributed by atoms with Crippen molar-refractivity contribution in [3.05, 3.63) is 77.9 Å². The second-order valence-electron chi connectivity index (χ2n) is 5.32. The molecule has 0 aliphatic heterocycles. The third kappa shape index (κ3) is 5.35. The third-order valence-corrected chi connectivity index (χ3v) is 4.63. The number of benzene rings is 2. The third-order valence-electron chi connectivity index (χ3n) is 3.32. The number of aryl methyl sites for hydroxylation is 1. The molecule has 4 nitrogen and oxygen atoms in total. The van der Waals surface area contributed by atoms with E-state index in [0.29, 0.717) is 6.42 Å². The van der Waals surface area contributed by atoms with Crippen molar-refractivity contribution in [2.24, 2.45) is 4.40 Å². The minimum atomic E-state index is -3.79. The first kappa shape index (κ1) is 17.9. The summed E-state index contributed by atoms with van der Waals surface area (Å²) in [6, 6.07) is 16.1. The molecule has 0 amide bonds. The minimum absolute atomic E-state index is 0.160. The lowest BCUT2D eigenvalue weighted by Gasteiger charge is -2.08. The second kappa shape index (κ2) is 8.45. The number of ether oxygens (including phenoxy) is 1. The van der Waals surface area contributed by atoms with Gasteiger partial charge in [0.15, 0.2) is 0 Å². The van der Waals surface area contributed by atoms with Crippen LogP contribution in [-0.4, -0.2) is 20.9 Å². The summed E-state index contributed by atoms with van der Waals surface area (Å²) in [6.07, 6.45) is 3.97. The van der Waals surface area contributed by atoms with Crippen molar-refractivity contribution in [3.8, 4) is 0 Å². The molecule has 0 saturated heterocycles. The van der Waals surface area contributed by atoms with Gasteiger partial charge in [-0.1, -0.05) is 60.2 Å². The number of hydrogen-bond acceptors (Lipinski definition) is 3. The predicted octanol–water partition coefficient (Wildman–Crippen LogP) is 3.92. The van der Waals surface area contributed by atoms with Crippen LogP contribution in [0.4, 0.5) is 0 Å². The summed E-state index contributed by atoms with van der Waals surface area (Å²) in [7, 11) is -3.79. The van der Waals surface area contributed by atoms with Gasteiger partial charge in [-0.25, -0.2) is 0 Å². The SMILES string of the molecule is C/C=C/CO/C(Cc1ccccc1)=N\S(=O)(=O)c1ccc(C)cc1. The van der Waals surface area contributed by atoms with Crippen LogP contribution in [0.15, 0.2) is 76.0 Å². The summed E-state index contributed by atoms with van der Waals surface area (Å²) < 4.78 is 34.4. The van der Waals surface area contributed by atoms with Crippen molar-refractivity contribution in [2.75, 3.05) is 6.61 Å². The zero-order chi connectivity index (χ0) is 17.4. The zero-order valence-electron chi connectivity index (χ0n) is 13.8. The van der Waals surface area contributed by atoms with Gasteiger partial charge in [0.05, 0.1) is 4.90 Å². The molecule has 0 spiro atoms. The van der Waals surface area contributed by atoms with Gasteiger partial charge < -0.3 is 4.74 Å². The molecule has 0 atom stereocenters. The standard InChI is InChI=1S/C19H21NO3S/c1-3-4-14-23-19(15-17-8-6-5-7-9-17)20-24(21,22)18-12-10-16(2)11-13-18/h3-13H,14-15H2,1-2H3/b4-3+,20-19-. The molecular formula is C19H21NO3S. The summed E-state index contributed by atoms with van der Waals surface area (Å²) in [4.78, 5) is 0.160. The predicted molar refractivity (Wildman–Crippen MR) is 96.7 cm³/mol. The summed E-state index contributed by atoms with van der Waals surface area (Å²) >= 11 is 0. The second-order valence-corrected chi connectivity index (χ2v) is 6.92. The number of allylic oxidation sites excluding steroid dienone is 1. The largest absolute Gasteiger partial charge is 0.476 e. The first-order valence-electron chi connectivity index (χ1n) is 7.69. The van der Waals surface area contributed by atoms with Crippen molar-refractivity contribution >= 4 is 15.9 Å². The van der Waals surface area contributed by atoms with Gasteiger partial charge in [-0.15, -0.1) is 4.40 Å². The summed E-state index contributed by atoms with van der Waals surface area (Å²) in [5.41, 5.74) is 1.93. The highest BCUT2D eigenvalue weighted by Crippen LogP contribution is 2.14. The molecular weight excluding hydrogens is 322 g/mol. The molecule has 24 heavy (non-hydrogen) atoms. The summed E-state index contributed by atoms with van der Waals surface area (Å²) in [6.45, 7) is 4.06. The van der Waals surface area contributed by atoms with E-state index in [-0.39, 0.29) is 17.4 Å². The lowest BCUT2D eigenvalue weighted by molar-refractivity contribution is 0.343. The van der Waals surface area contributed by atoms with Crippen LogP contribution in [0.3, 0.4) is 0 Å². The minimum Gasteiger partial charge on any atom is -0.476 e. The van der Waals surface area contributed by atoms with Crippen LogP contribution < -0.4 is 0 Å². The zero-order valence-corrected chi connectivity index (χ0v) is 14.7. The van der Waals surface area contributed by atoms with E-state index in [1.807, 2.05) is 50.3 Å². The van der Waals surface area contributed by atoms with Crippen LogP contribution in [0, 0.1) is 6.92 Å². The summed E-state index contributed by atoms with van der Waals surface area (Å²) in [5, 5.41) is 0. The molecule has 2 aromatic carbocycles. The Kier molecular flexibility index (Phi) is 6.32. The molecule has 126 valence electrons. The first-order chi connectivity index (χ1) is 11.5. The molecule has 0 heterocycles. The molecule has 2 aromatic rings. The average Bonchev–Trinajstić information content (AvgIpc) is 2.56. The van der Waals surface area contributed by atoms with Crippen LogP contribution >= 0.6 is 0 Å². The van der Waals surface area contributed by atoms with E-state index in [1.54, 1.807) is 30.3 Å². The lowest BCUT2D eigenvalue weighted by Crippen LogP contribution is -2.12. The Morgan fingerprint density at radius 2 is 1.75 bits per heavy atom. The molecule has 0 aliphatic carbocycles. The number of nitrogens with zero attached hydrogens (tertiary/aromatic N) is 1. The summed E-state index contributed by atoms with van der Waals surface area (Å²) in [5.74, 6) is 0.180. The molecule has 0 bridgehead atoms. The van der Waals surface area contributed by atoms with E-state index in [1.165, 1.54) is 0 Å². The Morgan fingerprint density at radius 3 is 2.38 bits per heavy atom. The Labute approximate surface area is 143 Å². The molecule has 5 heteroatoms. The van der Waals surface area contributed by atoms with Crippen molar-refractivity contribution in [1.29, 1.82) is 0 Å². The van der Waals surface area contributed by atoms with Gasteiger partial charge in [-0.05, 0) is 31.5 Å². The first-order valence-corrected chi connectivity index (χ1v) is 9.13. The van der Waals surface area contributed by atoms with Crippen LogP contribution in [0.2, 0.25) is 0 Å². The average molecular weight is 343 g/mol. The van der Waals surface area contributed by atoms with E-state index >= 15 is 0 Å². The normalized spacial score (nSPS) is 12.5. The Balaban J connectivity index is 2.29. The van der Waals surface area contributed by atoms with Crippen molar-refractivity contribution in [1.82, 2.24) is 0 Å². The maximum absolute atomic E-state index is 12.5. The molecule has 0 aliphatic rings. The van der Waals surface area contributed by atoms with Crippen molar-refractivity contribution in [2.45, 2.75) is 25.2 Å². The topological polar surface area (TPSA) is 55.7 Å². The maximum Gasteiger partial charge on any atom is 0.285 e. The van der Waals surface area contributed by atoms with E-state index in [2.05, 4.69) is 4.40 Å². The van der Waals surface area contributed by atoms with E-state index < -0.39 is 10.0 Å². The monoisotopic (exact) mass is 343 g/mol. The fourth-order valence-electron chi connectivity index (χ4n) is 2.02. The van der Waals surface area contributed by atoms with Crippen LogP contribution in [0.1, 0.15) is 18.1 Å². The smallest absolute Gasteiger partial charge is 0.285 e. The number of sulfonamides is 1. The van der Waals surface area contributed by atoms with Crippen LogP contribution in [-0.2, 0) is 21.2 Å². The van der Waals surface area contributed by atoms with Crippen molar-refractivity contribution < 1.29 is 13.2 Å². The van der Waals surface area contributed by atoms with Crippen molar-refractivity contribution in [3.63, 3.8) is 0 Å². The number of rotatable bonds is 6. The van der Waals surface area contributed by atoms with Crippen LogP contribution in [0.25, 0.3) is 0 Å². The fourth-order valence-corrected chi connectivity index (χ4v) is 2.99. The molecule has 0 radical (unpaired) electrons. The molecule has 2 rings (SSSR count). The van der Waals surface area contributed by atoms with Gasteiger partial charge in [0, 0.05) is 6.42 Å². The molecule has 0 aromatic heterocycles. The molecule has 0 N–H and O–H groups in total. The number of hydrogen-bond donors (Lipinski definition) is 0. The quantitative estimate of drug-likeness (QED) is 0.454. The fraction of sp³-hybridized carbons (Fsp3) is 0.211.